The third kappa shape index (κ3) is 4.36. The Morgan fingerprint density at radius 1 is 1.03 bits per heavy atom. The van der Waals surface area contributed by atoms with E-state index in [1.165, 1.54) is 40.1 Å². The fourth-order valence-electron chi connectivity index (χ4n) is 4.91. The van der Waals surface area contributed by atoms with Gasteiger partial charge < -0.3 is 4.90 Å². The number of aryl methyl sites for hydroxylation is 1. The zero-order valence-electron chi connectivity index (χ0n) is 19.3. The highest BCUT2D eigenvalue weighted by Crippen LogP contribution is 2.40. The summed E-state index contributed by atoms with van der Waals surface area (Å²) in [6, 6.07) is 12.2. The molecule has 2 aromatic rings. The first-order chi connectivity index (χ1) is 15.6. The molecule has 0 unspecified atom stereocenters. The quantitative estimate of drug-likeness (QED) is 0.538. The second-order valence-corrected chi connectivity index (χ2v) is 9.33. The van der Waals surface area contributed by atoms with E-state index in [0.717, 1.165) is 48.8 Å². The van der Waals surface area contributed by atoms with Gasteiger partial charge in [0.05, 0.1) is 4.91 Å². The standard InChI is InChI=1S/C25H26N2O2S.C2H6/c1-17-20(15-19-9-5-12-26-13-6-10-21(17)23(19)26)16-22-24(28)27(25(29)30-22)14-11-18-7-3-2-4-8-18;1-2/h2-4,7-8,15-16H,5-6,9-14H2,1H3;1-2H3/b22-16+;. The van der Waals surface area contributed by atoms with Crippen LogP contribution in [-0.4, -0.2) is 35.7 Å². The summed E-state index contributed by atoms with van der Waals surface area (Å²) in [5.74, 6) is -0.159. The Balaban J connectivity index is 0.00000119. The van der Waals surface area contributed by atoms with Crippen molar-refractivity contribution in [2.24, 2.45) is 0 Å². The van der Waals surface area contributed by atoms with Crippen LogP contribution < -0.4 is 4.90 Å². The lowest BCUT2D eigenvalue weighted by Crippen LogP contribution is -2.35. The molecule has 3 heterocycles. The molecule has 0 radical (unpaired) electrons. The molecule has 2 aromatic carbocycles. The van der Waals surface area contributed by atoms with Crippen LogP contribution >= 0.6 is 11.8 Å². The molecule has 3 aliphatic rings. The minimum Gasteiger partial charge on any atom is -0.371 e. The van der Waals surface area contributed by atoms with Crippen LogP contribution in [0.1, 0.15) is 54.5 Å². The smallest absolute Gasteiger partial charge is 0.293 e. The summed E-state index contributed by atoms with van der Waals surface area (Å²) in [6.45, 7) is 8.90. The fraction of sp³-hybridized carbons (Fsp3) is 0.407. The summed E-state index contributed by atoms with van der Waals surface area (Å²) < 4.78 is 0. The molecular weight excluding hydrogens is 416 g/mol. The maximum absolute atomic E-state index is 13.0. The van der Waals surface area contributed by atoms with E-state index in [1.807, 2.05) is 50.3 Å². The van der Waals surface area contributed by atoms with E-state index in [1.54, 1.807) is 0 Å². The van der Waals surface area contributed by atoms with E-state index < -0.39 is 0 Å². The molecular formula is C27H32N2O2S. The SMILES string of the molecule is CC.Cc1c(/C=C2/SC(=O)N(CCc3ccccc3)C2=O)cc2c3c1CCCN3CCC2. The monoisotopic (exact) mass is 448 g/mol. The molecule has 32 heavy (non-hydrogen) atoms. The molecule has 4 nitrogen and oxygen atoms in total. The van der Waals surface area contributed by atoms with Crippen LogP contribution in [0.4, 0.5) is 10.5 Å². The number of benzene rings is 2. The maximum atomic E-state index is 13.0. The van der Waals surface area contributed by atoms with Crippen LogP contribution in [0.5, 0.6) is 0 Å². The van der Waals surface area contributed by atoms with E-state index in [9.17, 15) is 9.59 Å². The van der Waals surface area contributed by atoms with Crippen molar-refractivity contribution in [2.75, 3.05) is 24.5 Å². The van der Waals surface area contributed by atoms with Gasteiger partial charge in [-0.2, -0.15) is 0 Å². The van der Waals surface area contributed by atoms with Gasteiger partial charge in [-0.25, -0.2) is 0 Å². The van der Waals surface area contributed by atoms with Gasteiger partial charge in [0, 0.05) is 25.3 Å². The van der Waals surface area contributed by atoms with Crippen molar-refractivity contribution in [3.63, 3.8) is 0 Å². The lowest BCUT2D eigenvalue weighted by Gasteiger charge is -2.38. The fourth-order valence-corrected chi connectivity index (χ4v) is 5.77. The molecule has 1 fully saturated rings. The van der Waals surface area contributed by atoms with Crippen molar-refractivity contribution in [1.82, 2.24) is 4.90 Å². The summed E-state index contributed by atoms with van der Waals surface area (Å²) in [5.41, 5.74) is 7.77. The molecule has 3 aliphatic heterocycles. The van der Waals surface area contributed by atoms with Crippen LogP contribution in [0, 0.1) is 6.92 Å². The molecule has 0 atom stereocenters. The summed E-state index contributed by atoms with van der Waals surface area (Å²) in [7, 11) is 0. The molecule has 0 aliphatic carbocycles. The van der Waals surface area contributed by atoms with E-state index in [-0.39, 0.29) is 11.1 Å². The molecule has 5 rings (SSSR count). The number of carbonyl (C=O) groups is 2. The van der Waals surface area contributed by atoms with Crippen LogP contribution in [0.25, 0.3) is 6.08 Å². The first-order valence-corrected chi connectivity index (χ1v) is 12.6. The predicted molar refractivity (Wildman–Crippen MR) is 134 cm³/mol. The van der Waals surface area contributed by atoms with Gasteiger partial charge in [0.2, 0.25) is 0 Å². The Hall–Kier alpha value is -2.53. The summed E-state index contributed by atoms with van der Waals surface area (Å²) in [4.78, 5) is 30.0. The number of hydrogen-bond acceptors (Lipinski definition) is 4. The number of imide groups is 1. The first kappa shape index (κ1) is 22.7. The minimum absolute atomic E-state index is 0.159. The molecule has 0 N–H and O–H groups in total. The number of amides is 2. The Morgan fingerprint density at radius 2 is 1.75 bits per heavy atom. The van der Waals surface area contributed by atoms with E-state index >= 15 is 0 Å². The van der Waals surface area contributed by atoms with E-state index in [2.05, 4.69) is 17.9 Å². The number of thioether (sulfide) groups is 1. The van der Waals surface area contributed by atoms with Gasteiger partial charge in [-0.05, 0) is 90.7 Å². The van der Waals surface area contributed by atoms with Gasteiger partial charge in [-0.1, -0.05) is 44.2 Å². The van der Waals surface area contributed by atoms with Crippen molar-refractivity contribution in [3.8, 4) is 0 Å². The molecule has 1 saturated heterocycles. The number of anilines is 1. The van der Waals surface area contributed by atoms with Crippen LogP contribution in [0.3, 0.4) is 0 Å². The number of carbonyl (C=O) groups excluding carboxylic acids is 2. The summed E-state index contributed by atoms with van der Waals surface area (Å²) in [6.07, 6.45) is 7.21. The van der Waals surface area contributed by atoms with Gasteiger partial charge in [0.25, 0.3) is 11.1 Å². The first-order valence-electron chi connectivity index (χ1n) is 11.8. The third-order valence-corrected chi connectivity index (χ3v) is 7.39. The van der Waals surface area contributed by atoms with Crippen LogP contribution in [-0.2, 0) is 24.1 Å². The summed E-state index contributed by atoms with van der Waals surface area (Å²) >= 11 is 1.07. The van der Waals surface area contributed by atoms with Crippen molar-refractivity contribution >= 4 is 34.7 Å². The third-order valence-electron chi connectivity index (χ3n) is 6.48. The molecule has 0 spiro atoms. The molecule has 0 bridgehead atoms. The van der Waals surface area contributed by atoms with E-state index in [4.69, 9.17) is 0 Å². The Bertz CT molecular complexity index is 1040. The minimum atomic E-state index is -0.162. The van der Waals surface area contributed by atoms with Gasteiger partial charge in [-0.3, -0.25) is 14.5 Å². The Kier molecular flexibility index (Phi) is 7.04. The number of rotatable bonds is 4. The highest BCUT2D eigenvalue weighted by atomic mass is 32.2. The van der Waals surface area contributed by atoms with Gasteiger partial charge in [-0.15, -0.1) is 0 Å². The topological polar surface area (TPSA) is 40.6 Å². The van der Waals surface area contributed by atoms with Crippen molar-refractivity contribution < 1.29 is 9.59 Å². The molecule has 0 saturated carbocycles. The number of nitrogens with zero attached hydrogens (tertiary/aromatic N) is 2. The van der Waals surface area contributed by atoms with Gasteiger partial charge in [0.1, 0.15) is 0 Å². The van der Waals surface area contributed by atoms with Crippen molar-refractivity contribution in [2.45, 2.75) is 52.9 Å². The van der Waals surface area contributed by atoms with E-state index in [0.29, 0.717) is 17.9 Å². The van der Waals surface area contributed by atoms with Crippen LogP contribution in [0.15, 0.2) is 41.3 Å². The molecule has 168 valence electrons. The lowest BCUT2D eigenvalue weighted by atomic mass is 9.86. The maximum Gasteiger partial charge on any atom is 0.293 e. The normalized spacial score (nSPS) is 18.5. The Morgan fingerprint density at radius 3 is 2.50 bits per heavy atom. The van der Waals surface area contributed by atoms with Crippen LogP contribution in [0.2, 0.25) is 0 Å². The summed E-state index contributed by atoms with van der Waals surface area (Å²) in [5, 5.41) is -0.162. The predicted octanol–water partition coefficient (Wildman–Crippen LogP) is 6.00. The average molecular weight is 449 g/mol. The molecule has 5 heteroatoms. The zero-order chi connectivity index (χ0) is 22.7. The average Bonchev–Trinajstić information content (AvgIpc) is 3.10. The Labute approximate surface area is 195 Å². The molecule has 0 aromatic heterocycles. The van der Waals surface area contributed by atoms with Crippen molar-refractivity contribution in [3.05, 3.63) is 69.1 Å². The highest BCUT2D eigenvalue weighted by Gasteiger charge is 2.35. The second kappa shape index (κ2) is 9.95. The largest absolute Gasteiger partial charge is 0.371 e. The molecule has 2 amide bonds. The van der Waals surface area contributed by atoms with Gasteiger partial charge >= 0.3 is 0 Å². The van der Waals surface area contributed by atoms with Crippen molar-refractivity contribution in [1.29, 1.82) is 0 Å². The zero-order valence-corrected chi connectivity index (χ0v) is 20.1. The lowest BCUT2D eigenvalue weighted by molar-refractivity contribution is -0.122. The highest BCUT2D eigenvalue weighted by molar-refractivity contribution is 8.18. The van der Waals surface area contributed by atoms with Gasteiger partial charge in [0.15, 0.2) is 0 Å². The second-order valence-electron chi connectivity index (χ2n) is 8.34. The number of hydrogen-bond donors (Lipinski definition) is 0.